The van der Waals surface area contributed by atoms with Gasteiger partial charge in [-0.3, -0.25) is 4.79 Å². The maximum Gasteiger partial charge on any atom is 0.253 e. The average molecular weight is 450 g/mol. The van der Waals surface area contributed by atoms with Crippen molar-refractivity contribution in [2.24, 2.45) is 46.3 Å². The van der Waals surface area contributed by atoms with Crippen LogP contribution in [0, 0.1) is 46.3 Å². The number of carbonyl (C=O) groups is 1. The van der Waals surface area contributed by atoms with E-state index in [0.29, 0.717) is 16.7 Å². The molecule has 4 aliphatic rings. The Kier molecular flexibility index (Phi) is 6.42. The highest BCUT2D eigenvalue weighted by Crippen LogP contribution is 2.67. The summed E-state index contributed by atoms with van der Waals surface area (Å²) in [5.41, 5.74) is 1.88. The number of benzene rings is 1. The Hall–Kier alpha value is -1.31. The lowest BCUT2D eigenvalue weighted by molar-refractivity contribution is -0.154. The molecule has 0 saturated heterocycles. The fraction of sp³-hybridized carbons (Fsp3) is 0.774. The van der Waals surface area contributed by atoms with Crippen molar-refractivity contribution in [3.63, 3.8) is 0 Å². The maximum atomic E-state index is 13.1. The minimum absolute atomic E-state index is 0.191. The minimum atomic E-state index is 0.191. The van der Waals surface area contributed by atoms with Gasteiger partial charge in [0.2, 0.25) is 0 Å². The van der Waals surface area contributed by atoms with Gasteiger partial charge in [-0.1, -0.05) is 51.8 Å². The van der Waals surface area contributed by atoms with E-state index < -0.39 is 0 Å². The number of hydrogen-bond acceptors (Lipinski definition) is 1. The number of nitrogens with zero attached hydrogens (tertiary/aromatic N) is 1. The molecule has 0 bridgehead atoms. The van der Waals surface area contributed by atoms with Gasteiger partial charge in [-0.05, 0) is 116 Å². The Bertz CT molecular complexity index is 835. The zero-order valence-corrected chi connectivity index (χ0v) is 21.7. The van der Waals surface area contributed by atoms with E-state index in [1.807, 2.05) is 42.3 Å². The van der Waals surface area contributed by atoms with E-state index in [9.17, 15) is 4.79 Å². The van der Waals surface area contributed by atoms with Gasteiger partial charge < -0.3 is 4.90 Å². The van der Waals surface area contributed by atoms with Crippen LogP contribution in [0.2, 0.25) is 0 Å². The van der Waals surface area contributed by atoms with E-state index in [1.165, 1.54) is 70.6 Å². The molecule has 0 N–H and O–H groups in total. The molecule has 0 unspecified atom stereocenters. The highest BCUT2D eigenvalue weighted by Gasteiger charge is 2.59. The summed E-state index contributed by atoms with van der Waals surface area (Å²) >= 11 is 0. The Morgan fingerprint density at radius 2 is 1.79 bits per heavy atom. The topological polar surface area (TPSA) is 20.3 Å². The molecule has 2 nitrogen and oxygen atoms in total. The van der Waals surface area contributed by atoms with Gasteiger partial charge >= 0.3 is 0 Å². The number of hydrogen-bond donors (Lipinski definition) is 0. The molecule has 4 fully saturated rings. The summed E-state index contributed by atoms with van der Waals surface area (Å²) in [6.07, 6.45) is 15.8. The SMILES string of the molecule is CC[C@]12CC[C@H](C)C[C@H]1CC[C@H]1[C@@H]3CCC[C@H](CN(C)C(=O)c4ccccc4)[C@@]3(C)CC[C@@H]12. The van der Waals surface area contributed by atoms with Crippen molar-refractivity contribution in [2.75, 3.05) is 13.6 Å². The van der Waals surface area contributed by atoms with Crippen LogP contribution in [0.5, 0.6) is 0 Å². The summed E-state index contributed by atoms with van der Waals surface area (Å²) in [5, 5.41) is 0. The van der Waals surface area contributed by atoms with Crippen molar-refractivity contribution >= 4 is 5.91 Å². The molecule has 0 heterocycles. The fourth-order valence-electron chi connectivity index (χ4n) is 9.80. The molecule has 0 aromatic heterocycles. The van der Waals surface area contributed by atoms with Crippen LogP contribution in [-0.4, -0.2) is 24.4 Å². The predicted octanol–water partition coefficient (Wildman–Crippen LogP) is 7.83. The molecule has 1 aromatic carbocycles. The third-order valence-corrected chi connectivity index (χ3v) is 11.6. The van der Waals surface area contributed by atoms with Crippen LogP contribution in [0.1, 0.15) is 102 Å². The molecule has 8 atom stereocenters. The maximum absolute atomic E-state index is 13.1. The van der Waals surface area contributed by atoms with E-state index in [1.54, 1.807) is 0 Å². The summed E-state index contributed by atoms with van der Waals surface area (Å²) < 4.78 is 0. The smallest absolute Gasteiger partial charge is 0.253 e. The molecule has 4 saturated carbocycles. The zero-order valence-electron chi connectivity index (χ0n) is 21.7. The van der Waals surface area contributed by atoms with E-state index in [4.69, 9.17) is 0 Å². The first kappa shape index (κ1) is 23.4. The van der Waals surface area contributed by atoms with E-state index in [0.717, 1.165) is 41.7 Å². The van der Waals surface area contributed by atoms with Crippen molar-refractivity contribution in [1.82, 2.24) is 4.90 Å². The second kappa shape index (κ2) is 9.04. The van der Waals surface area contributed by atoms with Crippen molar-refractivity contribution in [3.05, 3.63) is 35.9 Å². The first-order valence-electron chi connectivity index (χ1n) is 14.2. The lowest BCUT2D eigenvalue weighted by Crippen LogP contribution is -2.57. The lowest BCUT2D eigenvalue weighted by atomic mass is 9.40. The van der Waals surface area contributed by atoms with Crippen LogP contribution in [0.3, 0.4) is 0 Å². The molecule has 2 heteroatoms. The van der Waals surface area contributed by atoms with Crippen LogP contribution in [0.25, 0.3) is 0 Å². The van der Waals surface area contributed by atoms with Crippen LogP contribution in [0.15, 0.2) is 30.3 Å². The van der Waals surface area contributed by atoms with Crippen molar-refractivity contribution in [1.29, 1.82) is 0 Å². The largest absolute Gasteiger partial charge is 0.341 e. The summed E-state index contributed by atoms with van der Waals surface area (Å²) in [4.78, 5) is 15.1. The number of amides is 1. The van der Waals surface area contributed by atoms with Gasteiger partial charge in [0.25, 0.3) is 5.91 Å². The van der Waals surface area contributed by atoms with Crippen molar-refractivity contribution in [3.8, 4) is 0 Å². The van der Waals surface area contributed by atoms with Crippen LogP contribution in [0.4, 0.5) is 0 Å². The molecule has 0 spiro atoms. The van der Waals surface area contributed by atoms with Crippen LogP contribution >= 0.6 is 0 Å². The third-order valence-electron chi connectivity index (χ3n) is 11.6. The molecule has 182 valence electrons. The van der Waals surface area contributed by atoms with E-state index in [-0.39, 0.29) is 5.91 Å². The normalized spacial score (nSPS) is 42.5. The molecule has 33 heavy (non-hydrogen) atoms. The third kappa shape index (κ3) is 3.88. The van der Waals surface area contributed by atoms with Gasteiger partial charge in [-0.15, -0.1) is 0 Å². The van der Waals surface area contributed by atoms with Gasteiger partial charge in [0, 0.05) is 19.2 Å². The molecule has 1 amide bonds. The van der Waals surface area contributed by atoms with Gasteiger partial charge in [-0.25, -0.2) is 0 Å². The van der Waals surface area contributed by atoms with E-state index in [2.05, 4.69) is 20.8 Å². The van der Waals surface area contributed by atoms with Crippen LogP contribution < -0.4 is 0 Å². The summed E-state index contributed by atoms with van der Waals surface area (Å²) in [6, 6.07) is 9.87. The van der Waals surface area contributed by atoms with Gasteiger partial charge in [0.1, 0.15) is 0 Å². The standard InChI is InChI=1S/C31H47NO/c1-5-31-19-16-22(2)20-24(31)14-15-26-27-13-9-12-25(30(27,3)18-17-28(26)31)21-32(4)29(33)23-10-7-6-8-11-23/h6-8,10-11,22,24-28H,5,9,12-21H2,1-4H3/t22-,24+,25+,26-,27-,28-,30+,31-/m0/s1. The predicted molar refractivity (Wildman–Crippen MR) is 137 cm³/mol. The molecular weight excluding hydrogens is 402 g/mol. The first-order valence-corrected chi connectivity index (χ1v) is 14.2. The number of carbonyl (C=O) groups excluding carboxylic acids is 1. The summed E-state index contributed by atoms with van der Waals surface area (Å²) in [7, 11) is 2.04. The Morgan fingerprint density at radius 1 is 1.00 bits per heavy atom. The highest BCUT2D eigenvalue weighted by molar-refractivity contribution is 5.93. The van der Waals surface area contributed by atoms with Gasteiger partial charge in [-0.2, -0.15) is 0 Å². The molecule has 0 radical (unpaired) electrons. The van der Waals surface area contributed by atoms with Gasteiger partial charge in [0.05, 0.1) is 0 Å². The summed E-state index contributed by atoms with van der Waals surface area (Å²) in [6.45, 7) is 8.58. The first-order chi connectivity index (χ1) is 15.9. The second-order valence-corrected chi connectivity index (χ2v) is 12.8. The molecule has 5 rings (SSSR count). The van der Waals surface area contributed by atoms with E-state index >= 15 is 0 Å². The monoisotopic (exact) mass is 449 g/mol. The second-order valence-electron chi connectivity index (χ2n) is 12.8. The molecule has 4 aliphatic carbocycles. The Balaban J connectivity index is 1.35. The Morgan fingerprint density at radius 3 is 2.55 bits per heavy atom. The highest BCUT2D eigenvalue weighted by atomic mass is 16.2. The quantitative estimate of drug-likeness (QED) is 0.458. The van der Waals surface area contributed by atoms with Crippen molar-refractivity contribution in [2.45, 2.75) is 91.4 Å². The molecule has 1 aromatic rings. The van der Waals surface area contributed by atoms with Crippen molar-refractivity contribution < 1.29 is 4.79 Å². The molecule has 0 aliphatic heterocycles. The fourth-order valence-corrected chi connectivity index (χ4v) is 9.80. The van der Waals surface area contributed by atoms with Gasteiger partial charge in [0.15, 0.2) is 0 Å². The number of fused-ring (bicyclic) bond motifs is 5. The lowest BCUT2D eigenvalue weighted by Gasteiger charge is -2.65. The summed E-state index contributed by atoms with van der Waals surface area (Å²) in [5.74, 6) is 5.55. The number of rotatable bonds is 4. The Labute approximate surface area is 202 Å². The average Bonchev–Trinajstić information content (AvgIpc) is 2.84. The molecular formula is C31H47NO. The zero-order chi connectivity index (χ0) is 23.2. The minimum Gasteiger partial charge on any atom is -0.341 e. The van der Waals surface area contributed by atoms with Crippen LogP contribution in [-0.2, 0) is 0 Å².